The van der Waals surface area contributed by atoms with Gasteiger partial charge in [-0.1, -0.05) is 6.92 Å². The molecule has 26 heavy (non-hydrogen) atoms. The molecule has 0 unspecified atom stereocenters. The summed E-state index contributed by atoms with van der Waals surface area (Å²) in [5, 5.41) is 13.7. The van der Waals surface area contributed by atoms with Gasteiger partial charge in [0, 0.05) is 33.1 Å². The average Bonchev–Trinajstić information content (AvgIpc) is 3.16. The summed E-state index contributed by atoms with van der Waals surface area (Å²) in [5.74, 6) is -2.00. The zero-order valence-corrected chi connectivity index (χ0v) is 15.8. The van der Waals surface area contributed by atoms with E-state index in [-0.39, 0.29) is 30.4 Å². The molecule has 1 amide bonds. The predicted molar refractivity (Wildman–Crippen MR) is 91.8 cm³/mol. The summed E-state index contributed by atoms with van der Waals surface area (Å²) in [7, 11) is -2.09. The van der Waals surface area contributed by atoms with Gasteiger partial charge in [0.15, 0.2) is 5.03 Å². The molecule has 9 nitrogen and oxygen atoms in total. The molecule has 10 heteroatoms. The molecule has 3 rings (SSSR count). The van der Waals surface area contributed by atoms with Crippen LogP contribution < -0.4 is 0 Å². The fraction of sp³-hybridized carbons (Fsp3) is 0.688. The first-order chi connectivity index (χ1) is 12.2. The van der Waals surface area contributed by atoms with E-state index in [1.54, 1.807) is 7.05 Å². The summed E-state index contributed by atoms with van der Waals surface area (Å²) < 4.78 is 28.8. The SMILES string of the molecule is CCCn1nccc1S(=O)(=O)N1CCC2(CC1)[C@@H](C(=O)O)CC(=O)N2C. The molecule has 1 N–H and O–H groups in total. The van der Waals surface area contributed by atoms with Crippen molar-refractivity contribution in [2.75, 3.05) is 20.1 Å². The van der Waals surface area contributed by atoms with Crippen molar-refractivity contribution < 1.29 is 23.1 Å². The molecule has 1 aromatic heterocycles. The van der Waals surface area contributed by atoms with E-state index < -0.39 is 27.4 Å². The highest BCUT2D eigenvalue weighted by molar-refractivity contribution is 7.89. The topological polar surface area (TPSA) is 113 Å². The highest BCUT2D eigenvalue weighted by Crippen LogP contribution is 2.43. The van der Waals surface area contributed by atoms with Crippen LogP contribution in [0.4, 0.5) is 0 Å². The lowest BCUT2D eigenvalue weighted by molar-refractivity contribution is -0.145. The number of piperidine rings is 1. The zero-order valence-electron chi connectivity index (χ0n) is 15.0. The number of carbonyl (C=O) groups excluding carboxylic acids is 1. The Labute approximate surface area is 152 Å². The van der Waals surface area contributed by atoms with E-state index >= 15 is 0 Å². The van der Waals surface area contributed by atoms with Crippen molar-refractivity contribution in [2.45, 2.75) is 49.7 Å². The summed E-state index contributed by atoms with van der Waals surface area (Å²) in [4.78, 5) is 25.2. The molecule has 1 atom stereocenters. The molecular formula is C16H24N4O5S. The van der Waals surface area contributed by atoms with Crippen LogP contribution in [0, 0.1) is 5.92 Å². The zero-order chi connectivity index (χ0) is 19.1. The number of carboxylic acid groups (broad SMARTS) is 1. The maximum atomic E-state index is 13.0. The van der Waals surface area contributed by atoms with Gasteiger partial charge in [-0.3, -0.25) is 14.3 Å². The third kappa shape index (κ3) is 2.81. The minimum atomic E-state index is -3.70. The number of sulfonamides is 1. The van der Waals surface area contributed by atoms with Crippen LogP contribution in [0.2, 0.25) is 0 Å². The van der Waals surface area contributed by atoms with Crippen LogP contribution in [-0.2, 0) is 26.2 Å². The van der Waals surface area contributed by atoms with E-state index in [9.17, 15) is 23.1 Å². The van der Waals surface area contributed by atoms with E-state index in [2.05, 4.69) is 5.10 Å². The molecule has 0 aliphatic carbocycles. The Morgan fingerprint density at radius 3 is 2.62 bits per heavy atom. The Morgan fingerprint density at radius 2 is 2.04 bits per heavy atom. The Bertz CT molecular complexity index is 810. The molecule has 144 valence electrons. The fourth-order valence-corrected chi connectivity index (χ4v) is 5.72. The van der Waals surface area contributed by atoms with Gasteiger partial charge in [0.2, 0.25) is 5.91 Å². The van der Waals surface area contributed by atoms with Crippen molar-refractivity contribution in [1.82, 2.24) is 19.0 Å². The molecule has 2 aliphatic heterocycles. The van der Waals surface area contributed by atoms with Crippen molar-refractivity contribution in [2.24, 2.45) is 5.92 Å². The van der Waals surface area contributed by atoms with Crippen LogP contribution in [0.5, 0.6) is 0 Å². The number of aromatic nitrogens is 2. The quantitative estimate of drug-likeness (QED) is 0.785. The van der Waals surface area contributed by atoms with Crippen LogP contribution >= 0.6 is 0 Å². The van der Waals surface area contributed by atoms with Gasteiger partial charge in [0.1, 0.15) is 0 Å². The van der Waals surface area contributed by atoms with Crippen molar-refractivity contribution in [3.05, 3.63) is 12.3 Å². The molecule has 0 saturated carbocycles. The Kier molecular flexibility index (Phi) is 4.82. The standard InChI is InChI=1S/C16H24N4O5S/c1-3-8-20-14(4-7-17-20)26(24,25)19-9-5-16(6-10-19)12(15(22)23)11-13(21)18(16)2/h4,7,12H,3,5-6,8-11H2,1-2H3,(H,22,23)/t12-/m1/s1. The second-order valence-corrected chi connectivity index (χ2v) is 8.83. The van der Waals surface area contributed by atoms with Crippen LogP contribution in [0.1, 0.15) is 32.6 Å². The molecule has 1 aromatic rings. The first-order valence-corrected chi connectivity index (χ1v) is 10.2. The average molecular weight is 384 g/mol. The molecule has 2 saturated heterocycles. The maximum absolute atomic E-state index is 13.0. The van der Waals surface area contributed by atoms with Crippen molar-refractivity contribution in [3.63, 3.8) is 0 Å². The summed E-state index contributed by atoms with van der Waals surface area (Å²) in [5.41, 5.74) is -0.807. The number of likely N-dealkylation sites (tertiary alicyclic amines) is 1. The van der Waals surface area contributed by atoms with E-state index in [0.29, 0.717) is 19.4 Å². The van der Waals surface area contributed by atoms with Crippen LogP contribution in [0.25, 0.3) is 0 Å². The third-order valence-electron chi connectivity index (χ3n) is 5.67. The molecule has 0 bridgehead atoms. The monoisotopic (exact) mass is 384 g/mol. The highest BCUT2D eigenvalue weighted by Gasteiger charge is 2.56. The first kappa shape index (κ1) is 18.8. The Morgan fingerprint density at radius 1 is 1.38 bits per heavy atom. The largest absolute Gasteiger partial charge is 0.481 e. The molecular weight excluding hydrogens is 360 g/mol. The lowest BCUT2D eigenvalue weighted by atomic mass is 9.77. The molecule has 0 aromatic carbocycles. The first-order valence-electron chi connectivity index (χ1n) is 8.75. The van der Waals surface area contributed by atoms with Gasteiger partial charge in [-0.25, -0.2) is 8.42 Å². The summed E-state index contributed by atoms with van der Waals surface area (Å²) >= 11 is 0. The molecule has 2 aliphatic rings. The van der Waals surface area contributed by atoms with Crippen LogP contribution in [0.3, 0.4) is 0 Å². The molecule has 1 spiro atoms. The van der Waals surface area contributed by atoms with Gasteiger partial charge >= 0.3 is 5.97 Å². The lowest BCUT2D eigenvalue weighted by Gasteiger charge is -2.44. The van der Waals surface area contributed by atoms with E-state index in [4.69, 9.17) is 0 Å². The smallest absolute Gasteiger partial charge is 0.309 e. The second kappa shape index (κ2) is 6.66. The number of hydrogen-bond acceptors (Lipinski definition) is 5. The van der Waals surface area contributed by atoms with Crippen molar-refractivity contribution >= 4 is 21.9 Å². The molecule has 2 fully saturated rings. The van der Waals surface area contributed by atoms with E-state index in [0.717, 1.165) is 6.42 Å². The van der Waals surface area contributed by atoms with E-state index in [1.165, 1.54) is 26.2 Å². The van der Waals surface area contributed by atoms with Gasteiger partial charge < -0.3 is 10.0 Å². The number of carboxylic acids is 1. The lowest BCUT2D eigenvalue weighted by Crippen LogP contribution is -2.57. The van der Waals surface area contributed by atoms with Crippen molar-refractivity contribution in [3.8, 4) is 0 Å². The second-order valence-electron chi connectivity index (χ2n) is 6.95. The number of aliphatic carboxylic acids is 1. The summed E-state index contributed by atoms with van der Waals surface area (Å²) in [6.07, 6.45) is 2.83. The Balaban J connectivity index is 1.82. The number of rotatable bonds is 5. The minimum absolute atomic E-state index is 0.0259. The Hall–Kier alpha value is -1.94. The van der Waals surface area contributed by atoms with Crippen LogP contribution in [0.15, 0.2) is 17.3 Å². The number of nitrogens with zero attached hydrogens (tertiary/aromatic N) is 4. The van der Waals surface area contributed by atoms with E-state index in [1.807, 2.05) is 6.92 Å². The number of amides is 1. The van der Waals surface area contributed by atoms with Gasteiger partial charge in [-0.05, 0) is 25.3 Å². The van der Waals surface area contributed by atoms with Gasteiger partial charge in [0.25, 0.3) is 10.0 Å². The van der Waals surface area contributed by atoms with Gasteiger partial charge in [0.05, 0.1) is 17.7 Å². The number of aryl methyl sites for hydroxylation is 1. The van der Waals surface area contributed by atoms with Crippen LogP contribution in [-0.4, -0.2) is 70.1 Å². The minimum Gasteiger partial charge on any atom is -0.481 e. The molecule has 3 heterocycles. The maximum Gasteiger partial charge on any atom is 0.309 e. The molecule has 0 radical (unpaired) electrons. The highest BCUT2D eigenvalue weighted by atomic mass is 32.2. The normalized spacial score (nSPS) is 23.7. The third-order valence-corrected chi connectivity index (χ3v) is 7.59. The number of hydrogen-bond donors (Lipinski definition) is 1. The van der Waals surface area contributed by atoms with Gasteiger partial charge in [-0.15, -0.1) is 0 Å². The predicted octanol–water partition coefficient (Wildman–Crippen LogP) is 0.379. The summed E-state index contributed by atoms with van der Waals surface area (Å²) in [6, 6.07) is 1.49. The summed E-state index contributed by atoms with van der Waals surface area (Å²) in [6.45, 7) is 2.82. The van der Waals surface area contributed by atoms with Crippen molar-refractivity contribution in [1.29, 1.82) is 0 Å². The number of carbonyl (C=O) groups is 2. The van der Waals surface area contributed by atoms with Gasteiger partial charge in [-0.2, -0.15) is 9.40 Å². The fourth-order valence-electron chi connectivity index (χ4n) is 4.15.